The van der Waals surface area contributed by atoms with E-state index in [0.717, 1.165) is 27.8 Å². The number of ether oxygens (including phenoxy) is 1. The van der Waals surface area contributed by atoms with Crippen molar-refractivity contribution in [1.82, 2.24) is 9.97 Å². The van der Waals surface area contributed by atoms with Gasteiger partial charge in [0.1, 0.15) is 5.75 Å². The molecule has 0 aliphatic rings. The van der Waals surface area contributed by atoms with Crippen LogP contribution in [0.3, 0.4) is 0 Å². The van der Waals surface area contributed by atoms with Gasteiger partial charge in [0.2, 0.25) is 0 Å². The molecule has 0 saturated carbocycles. The maximum Gasteiger partial charge on any atom is 0.187 e. The minimum Gasteiger partial charge on any atom is -0.494 e. The summed E-state index contributed by atoms with van der Waals surface area (Å²) in [7, 11) is 0. The molecule has 0 unspecified atom stereocenters. The number of nitrogens with one attached hydrogen (secondary N) is 1. The largest absolute Gasteiger partial charge is 0.494 e. The lowest BCUT2D eigenvalue weighted by Gasteiger charge is -2.05. The molecule has 1 aromatic carbocycles. The van der Waals surface area contributed by atoms with E-state index in [-0.39, 0.29) is 0 Å². The van der Waals surface area contributed by atoms with Gasteiger partial charge in [0.15, 0.2) is 5.13 Å². The van der Waals surface area contributed by atoms with Gasteiger partial charge in [0.05, 0.1) is 12.3 Å². The number of anilines is 2. The van der Waals surface area contributed by atoms with Crippen molar-refractivity contribution in [2.24, 2.45) is 0 Å². The van der Waals surface area contributed by atoms with Gasteiger partial charge in [-0.1, -0.05) is 0 Å². The third kappa shape index (κ3) is 3.38. The summed E-state index contributed by atoms with van der Waals surface area (Å²) in [5, 5.41) is 6.20. The van der Waals surface area contributed by atoms with E-state index in [4.69, 9.17) is 4.74 Å². The average Bonchev–Trinajstić information content (AvgIpc) is 2.99. The lowest BCUT2D eigenvalue weighted by Crippen LogP contribution is -1.92. The summed E-state index contributed by atoms with van der Waals surface area (Å²) in [6, 6.07) is 11.8. The standard InChI is InChI=1S/C16H15N3OS/c1-2-20-14-5-3-13(4-6-14)18-16-19-15(11-21-16)12-7-9-17-10-8-12/h3-11H,2H2,1H3,(H,18,19). The number of aromatic nitrogens is 2. The van der Waals surface area contributed by atoms with Crippen molar-refractivity contribution in [3.63, 3.8) is 0 Å². The van der Waals surface area contributed by atoms with Crippen LogP contribution in [0.5, 0.6) is 5.75 Å². The highest BCUT2D eigenvalue weighted by atomic mass is 32.1. The Bertz CT molecular complexity index is 695. The number of rotatable bonds is 5. The van der Waals surface area contributed by atoms with Crippen molar-refractivity contribution >= 4 is 22.2 Å². The predicted octanol–water partition coefficient (Wildman–Crippen LogP) is 4.35. The average molecular weight is 297 g/mol. The topological polar surface area (TPSA) is 47.0 Å². The summed E-state index contributed by atoms with van der Waals surface area (Å²) in [4.78, 5) is 8.60. The molecule has 106 valence electrons. The first-order valence-corrected chi connectivity index (χ1v) is 7.59. The van der Waals surface area contributed by atoms with Crippen molar-refractivity contribution in [2.45, 2.75) is 6.92 Å². The summed E-state index contributed by atoms with van der Waals surface area (Å²) in [5.41, 5.74) is 3.02. The Labute approximate surface area is 127 Å². The smallest absolute Gasteiger partial charge is 0.187 e. The number of hydrogen-bond acceptors (Lipinski definition) is 5. The van der Waals surface area contributed by atoms with Crippen LogP contribution in [0, 0.1) is 0 Å². The van der Waals surface area contributed by atoms with Gasteiger partial charge < -0.3 is 10.1 Å². The van der Waals surface area contributed by atoms with Crippen molar-refractivity contribution in [2.75, 3.05) is 11.9 Å². The Morgan fingerprint density at radius 1 is 1.10 bits per heavy atom. The Hall–Kier alpha value is -2.40. The van der Waals surface area contributed by atoms with Crippen molar-refractivity contribution < 1.29 is 4.74 Å². The second kappa shape index (κ2) is 6.37. The Kier molecular flexibility index (Phi) is 4.12. The molecule has 0 saturated heterocycles. The lowest BCUT2D eigenvalue weighted by molar-refractivity contribution is 0.340. The molecule has 0 amide bonds. The van der Waals surface area contributed by atoms with Crippen molar-refractivity contribution in [1.29, 1.82) is 0 Å². The van der Waals surface area contributed by atoms with Crippen LogP contribution in [0.25, 0.3) is 11.3 Å². The normalized spacial score (nSPS) is 10.3. The minimum absolute atomic E-state index is 0.675. The zero-order valence-electron chi connectivity index (χ0n) is 11.6. The van der Waals surface area contributed by atoms with Crippen molar-refractivity contribution in [3.8, 4) is 17.0 Å². The zero-order valence-corrected chi connectivity index (χ0v) is 12.4. The second-order valence-corrected chi connectivity index (χ2v) is 5.21. The maximum absolute atomic E-state index is 5.43. The fraction of sp³-hybridized carbons (Fsp3) is 0.125. The lowest BCUT2D eigenvalue weighted by atomic mass is 10.2. The number of thiazole rings is 1. The maximum atomic E-state index is 5.43. The second-order valence-electron chi connectivity index (χ2n) is 4.36. The van der Waals surface area contributed by atoms with Crippen LogP contribution in [0.2, 0.25) is 0 Å². The van der Waals surface area contributed by atoms with Gasteiger partial charge in [-0.25, -0.2) is 4.98 Å². The van der Waals surface area contributed by atoms with Crippen LogP contribution in [-0.2, 0) is 0 Å². The molecule has 1 N–H and O–H groups in total. The van der Waals surface area contributed by atoms with Gasteiger partial charge in [-0.05, 0) is 43.3 Å². The summed E-state index contributed by atoms with van der Waals surface area (Å²) in [6.07, 6.45) is 3.54. The molecule has 0 spiro atoms. The molecule has 3 aromatic rings. The highest BCUT2D eigenvalue weighted by Crippen LogP contribution is 2.27. The van der Waals surface area contributed by atoms with E-state index in [1.54, 1.807) is 23.7 Å². The first-order chi connectivity index (χ1) is 10.3. The fourth-order valence-corrected chi connectivity index (χ4v) is 2.65. The quantitative estimate of drug-likeness (QED) is 0.760. The number of nitrogens with zero attached hydrogens (tertiary/aromatic N) is 2. The van der Waals surface area contributed by atoms with Gasteiger partial charge >= 0.3 is 0 Å². The highest BCUT2D eigenvalue weighted by Gasteiger charge is 2.04. The number of benzene rings is 1. The molecular formula is C16H15N3OS. The Morgan fingerprint density at radius 3 is 2.57 bits per heavy atom. The molecule has 0 aliphatic heterocycles. The number of pyridine rings is 1. The summed E-state index contributed by atoms with van der Waals surface area (Å²) >= 11 is 1.58. The van der Waals surface area contributed by atoms with Crippen LogP contribution in [0.4, 0.5) is 10.8 Å². The van der Waals surface area contributed by atoms with E-state index >= 15 is 0 Å². The summed E-state index contributed by atoms with van der Waals surface area (Å²) < 4.78 is 5.43. The van der Waals surface area contributed by atoms with E-state index < -0.39 is 0 Å². The molecule has 0 aliphatic carbocycles. The van der Waals surface area contributed by atoms with E-state index in [0.29, 0.717) is 6.61 Å². The minimum atomic E-state index is 0.675. The molecule has 2 aromatic heterocycles. The van der Waals surface area contributed by atoms with Gasteiger partial charge in [0.25, 0.3) is 0 Å². The monoisotopic (exact) mass is 297 g/mol. The van der Waals surface area contributed by atoms with E-state index in [1.165, 1.54) is 0 Å². The van der Waals surface area contributed by atoms with Gasteiger partial charge in [0, 0.05) is 29.0 Å². The predicted molar refractivity (Wildman–Crippen MR) is 86.2 cm³/mol. The van der Waals surface area contributed by atoms with E-state index in [2.05, 4.69) is 15.3 Å². The molecule has 21 heavy (non-hydrogen) atoms. The molecular weight excluding hydrogens is 282 g/mol. The van der Waals surface area contributed by atoms with Crippen LogP contribution in [-0.4, -0.2) is 16.6 Å². The van der Waals surface area contributed by atoms with Crippen LogP contribution in [0.15, 0.2) is 54.2 Å². The van der Waals surface area contributed by atoms with Gasteiger partial charge in [-0.2, -0.15) is 0 Å². The Balaban J connectivity index is 1.72. The van der Waals surface area contributed by atoms with Crippen molar-refractivity contribution in [3.05, 3.63) is 54.2 Å². The summed E-state index contributed by atoms with van der Waals surface area (Å²) in [5.74, 6) is 0.875. The van der Waals surface area contributed by atoms with E-state index in [9.17, 15) is 0 Å². The third-order valence-corrected chi connectivity index (χ3v) is 3.65. The van der Waals surface area contributed by atoms with Crippen LogP contribution < -0.4 is 10.1 Å². The molecule has 4 nitrogen and oxygen atoms in total. The molecule has 0 radical (unpaired) electrons. The molecule has 5 heteroatoms. The van der Waals surface area contributed by atoms with E-state index in [1.807, 2.05) is 48.7 Å². The summed E-state index contributed by atoms with van der Waals surface area (Å²) in [6.45, 7) is 2.65. The molecule has 0 fully saturated rings. The van der Waals surface area contributed by atoms with Crippen LogP contribution in [0.1, 0.15) is 6.92 Å². The SMILES string of the molecule is CCOc1ccc(Nc2nc(-c3ccncc3)cs2)cc1. The molecule has 0 atom stereocenters. The third-order valence-electron chi connectivity index (χ3n) is 2.90. The first kappa shape index (κ1) is 13.6. The van der Waals surface area contributed by atoms with Gasteiger partial charge in [-0.15, -0.1) is 11.3 Å². The highest BCUT2D eigenvalue weighted by molar-refractivity contribution is 7.14. The zero-order chi connectivity index (χ0) is 14.5. The molecule has 2 heterocycles. The van der Waals surface area contributed by atoms with Crippen LogP contribution >= 0.6 is 11.3 Å². The molecule has 0 bridgehead atoms. The molecule has 3 rings (SSSR count). The first-order valence-electron chi connectivity index (χ1n) is 6.71. The van der Waals surface area contributed by atoms with Gasteiger partial charge in [-0.3, -0.25) is 4.98 Å². The number of hydrogen-bond donors (Lipinski definition) is 1. The Morgan fingerprint density at radius 2 is 1.86 bits per heavy atom. The fourth-order valence-electron chi connectivity index (χ4n) is 1.91.